The normalized spacial score (nSPS) is 20.3. The Morgan fingerprint density at radius 1 is 0.552 bits per heavy atom. The van der Waals surface area contributed by atoms with Crippen molar-refractivity contribution in [3.05, 3.63) is 198 Å². The van der Waals surface area contributed by atoms with Crippen LogP contribution in [0.3, 0.4) is 0 Å². The van der Waals surface area contributed by atoms with Crippen LogP contribution in [0.25, 0.3) is 37.9 Å². The van der Waals surface area contributed by atoms with Crippen LogP contribution in [0.2, 0.25) is 0 Å². The monoisotopic (exact) mass is 1330 g/mol. The van der Waals surface area contributed by atoms with Gasteiger partial charge in [-0.1, -0.05) is 43.3 Å². The van der Waals surface area contributed by atoms with E-state index in [-0.39, 0.29) is 34.5 Å². The van der Waals surface area contributed by atoms with E-state index in [1.165, 1.54) is 0 Å². The Kier molecular flexibility index (Phi) is 10.1. The number of halogens is 4. The molecule has 0 amide bonds. The van der Waals surface area contributed by atoms with Crippen molar-refractivity contribution in [3.8, 4) is 46.0 Å². The molecule has 4 atom stereocenters. The molecule has 4 unspecified atom stereocenters. The third-order valence-electron chi connectivity index (χ3n) is 14.0. The summed E-state index contributed by atoms with van der Waals surface area (Å²) in [4.78, 5) is 0. The Balaban J connectivity index is 1.05. The number of hydrogen-bond acceptors (Lipinski definition) is 8. The summed E-state index contributed by atoms with van der Waals surface area (Å²) in [6.45, 7) is 2.10. The fraction of sp³-hybridized carbons (Fsp3) is 0.0909. The average Bonchev–Trinajstić information content (AvgIpc) is 3.30. The predicted molar refractivity (Wildman–Crippen MR) is 294 cm³/mol. The molecule has 0 aromatic heterocycles. The fourth-order valence-electron chi connectivity index (χ4n) is 11.0. The molecule has 2 heterocycles. The van der Waals surface area contributed by atoms with Gasteiger partial charge in [-0.3, -0.25) is 0 Å². The minimum absolute atomic E-state index is 0.00974. The summed E-state index contributed by atoms with van der Waals surface area (Å²) in [7, 11) is 0. The molecule has 330 valence electrons. The van der Waals surface area contributed by atoms with Crippen molar-refractivity contribution in [3.63, 3.8) is 0 Å². The van der Waals surface area contributed by atoms with Crippen LogP contribution < -0.4 is 9.47 Å². The van der Waals surface area contributed by atoms with Crippen molar-refractivity contribution in [1.29, 1.82) is 0 Å². The first kappa shape index (κ1) is 43.1. The van der Waals surface area contributed by atoms with Crippen LogP contribution in [0.4, 0.5) is 0 Å². The van der Waals surface area contributed by atoms with Gasteiger partial charge in [-0.2, -0.15) is 0 Å². The maximum atomic E-state index is 12.4. The molecule has 8 nitrogen and oxygen atoms in total. The summed E-state index contributed by atoms with van der Waals surface area (Å²) in [6, 6.07) is 33.9. The maximum Gasteiger partial charge on any atom is 0.142 e. The molecule has 0 spiro atoms. The van der Waals surface area contributed by atoms with Gasteiger partial charge in [0.05, 0.1) is 10.7 Å². The molecule has 0 bridgehead atoms. The molecule has 2 aliphatic heterocycles. The number of rotatable bonds is 3. The molecule has 0 saturated heterocycles. The van der Waals surface area contributed by atoms with Crippen molar-refractivity contribution in [1.82, 2.24) is 0 Å². The summed E-state index contributed by atoms with van der Waals surface area (Å²) in [5, 5.41) is 73.8. The lowest BCUT2D eigenvalue weighted by atomic mass is 9.55. The van der Waals surface area contributed by atoms with Gasteiger partial charge in [0.25, 0.3) is 0 Å². The van der Waals surface area contributed by atoms with E-state index in [4.69, 9.17) is 9.47 Å². The number of aliphatic hydroxyl groups is 1. The topological polar surface area (TPSA) is 140 Å². The molecule has 2 aliphatic carbocycles. The number of ether oxygens (including phenoxy) is 2. The van der Waals surface area contributed by atoms with Crippen LogP contribution in [-0.2, 0) is 0 Å². The minimum Gasteiger partial charge on any atom is -0.508 e. The molecule has 67 heavy (non-hydrogen) atoms. The molecule has 12 heteroatoms. The molecule has 0 radical (unpaired) electrons. The van der Waals surface area contributed by atoms with E-state index >= 15 is 0 Å². The van der Waals surface area contributed by atoms with Crippen LogP contribution in [0.5, 0.6) is 46.0 Å². The number of fused-ring (bicyclic) bond motifs is 12. The van der Waals surface area contributed by atoms with Gasteiger partial charge in [0, 0.05) is 54.6 Å². The van der Waals surface area contributed by atoms with E-state index in [9.17, 15) is 30.6 Å². The van der Waals surface area contributed by atoms with E-state index in [1.54, 1.807) is 36.4 Å². The molecule has 12 rings (SSSR count). The Morgan fingerprint density at radius 3 is 1.78 bits per heavy atom. The smallest absolute Gasteiger partial charge is 0.142 e. The molecule has 4 aliphatic rings. The molecule has 0 fully saturated rings. The van der Waals surface area contributed by atoms with E-state index in [0.717, 1.165) is 63.7 Å². The van der Waals surface area contributed by atoms with Crippen molar-refractivity contribution in [2.45, 2.75) is 18.8 Å². The SMILES string of the molecule is CC12C(=CC=C3C(c4cc5ccc6c(c5cc4O)C(c4cc(I)c(O)c(I)c4)c4c(ccc5ccc(O)cc45)O6)=CC(O)=CC31)Oc1ccc3ccc(O)cc3c1C2c1cc(I)cc(I)c1O. The van der Waals surface area contributed by atoms with Crippen LogP contribution in [0, 0.1) is 25.6 Å². The van der Waals surface area contributed by atoms with Gasteiger partial charge in [0.1, 0.15) is 57.5 Å². The summed E-state index contributed by atoms with van der Waals surface area (Å²) in [5.74, 6) is 1.61. The van der Waals surface area contributed by atoms with E-state index in [0.29, 0.717) is 50.4 Å². The first-order chi connectivity index (χ1) is 32.2. The largest absolute Gasteiger partial charge is 0.508 e. The standard InChI is InChI=1S/C55H34I4O8/c1-55-39-22-31(62)21-36(32(39)9-13-47(55)67-46-11-5-25-3-8-30(61)20-34(25)51(46)52(55)38-17-28(56)18-42(59)53(38)64)37-14-26-6-12-45-50(35(26)23-43(37)63)48(27-15-40(57)54(65)41(58)16-27)49-33-19-29(60)7-2-24(33)4-10-44(49)66-45/h2-23,39,48,52,60-65H,1H3. The van der Waals surface area contributed by atoms with E-state index in [2.05, 4.69) is 97.3 Å². The Hall–Kier alpha value is -5.18. The third-order valence-corrected chi connectivity index (χ3v) is 17.0. The van der Waals surface area contributed by atoms with Crippen LogP contribution in [-0.4, -0.2) is 30.6 Å². The van der Waals surface area contributed by atoms with Crippen molar-refractivity contribution >= 4 is 128 Å². The zero-order valence-electron chi connectivity index (χ0n) is 34.9. The zero-order chi connectivity index (χ0) is 46.4. The first-order valence-corrected chi connectivity index (χ1v) is 25.6. The molecule has 8 aromatic carbocycles. The van der Waals surface area contributed by atoms with Crippen LogP contribution >= 0.6 is 90.4 Å². The van der Waals surface area contributed by atoms with Crippen molar-refractivity contribution < 1.29 is 40.1 Å². The summed E-state index contributed by atoms with van der Waals surface area (Å²) < 4.78 is 16.6. The van der Waals surface area contributed by atoms with Crippen molar-refractivity contribution in [2.24, 2.45) is 11.3 Å². The van der Waals surface area contributed by atoms with Gasteiger partial charge in [-0.25, -0.2) is 0 Å². The second-order valence-electron chi connectivity index (χ2n) is 17.6. The Morgan fingerprint density at radius 2 is 1.12 bits per heavy atom. The first-order valence-electron chi connectivity index (χ1n) is 21.3. The third kappa shape index (κ3) is 6.58. The lowest BCUT2D eigenvalue weighted by molar-refractivity contribution is 0.158. The summed E-state index contributed by atoms with van der Waals surface area (Å²) in [5.41, 5.74) is 5.11. The van der Waals surface area contributed by atoms with Gasteiger partial charge in [-0.05, 0) is 236 Å². The predicted octanol–water partition coefficient (Wildman–Crippen LogP) is 14.9. The van der Waals surface area contributed by atoms with Gasteiger partial charge < -0.3 is 40.1 Å². The summed E-state index contributed by atoms with van der Waals surface area (Å²) in [6.07, 6.45) is 7.48. The number of hydrogen-bond donors (Lipinski definition) is 6. The van der Waals surface area contributed by atoms with Crippen LogP contribution in [0.1, 0.15) is 52.1 Å². The average molecular weight is 1330 g/mol. The highest BCUT2D eigenvalue weighted by Gasteiger charge is 2.55. The number of phenolic OH excluding ortho intramolecular Hbond substituents is 5. The summed E-state index contributed by atoms with van der Waals surface area (Å²) >= 11 is 8.75. The van der Waals surface area contributed by atoms with Gasteiger partial charge in [-0.15, -0.1) is 0 Å². The fourth-order valence-corrected chi connectivity index (χ4v) is 14.7. The van der Waals surface area contributed by atoms with Crippen molar-refractivity contribution in [2.75, 3.05) is 0 Å². The second-order valence-corrected chi connectivity index (χ2v) is 22.4. The maximum absolute atomic E-state index is 12.4. The molecule has 6 N–H and O–H groups in total. The number of phenols is 5. The number of aliphatic hydroxyl groups excluding tert-OH is 1. The minimum atomic E-state index is -0.949. The Labute approximate surface area is 438 Å². The lowest BCUT2D eigenvalue weighted by Gasteiger charge is -2.51. The number of aromatic hydroxyl groups is 5. The molecular formula is C55H34I4O8. The van der Waals surface area contributed by atoms with E-state index < -0.39 is 23.2 Å². The lowest BCUT2D eigenvalue weighted by Crippen LogP contribution is -2.43. The molecular weight excluding hydrogens is 1300 g/mol. The molecule has 8 aromatic rings. The number of benzene rings is 8. The molecule has 0 saturated carbocycles. The highest BCUT2D eigenvalue weighted by molar-refractivity contribution is 14.1. The van der Waals surface area contributed by atoms with Gasteiger partial charge >= 0.3 is 0 Å². The second kappa shape index (κ2) is 15.7. The quantitative estimate of drug-likeness (QED) is 0.0962. The van der Waals surface area contributed by atoms with Crippen LogP contribution in [0.15, 0.2) is 151 Å². The Bertz CT molecular complexity index is 3680. The highest BCUT2D eigenvalue weighted by atomic mass is 127. The van der Waals surface area contributed by atoms with E-state index in [1.807, 2.05) is 97.1 Å². The van der Waals surface area contributed by atoms with Gasteiger partial charge in [0.2, 0.25) is 0 Å². The highest BCUT2D eigenvalue weighted by Crippen LogP contribution is 2.65. The number of allylic oxidation sites excluding steroid dienone is 7. The van der Waals surface area contributed by atoms with Gasteiger partial charge in [0.15, 0.2) is 0 Å². The zero-order valence-corrected chi connectivity index (χ0v) is 43.6.